The maximum absolute atomic E-state index is 11.9. The number of benzene rings is 1. The average Bonchev–Trinajstić information content (AvgIpc) is 2.44. The Morgan fingerprint density at radius 2 is 1.76 bits per heavy atom. The molecule has 2 rings (SSSR count). The van der Waals surface area contributed by atoms with E-state index >= 15 is 0 Å². The first-order valence-electron chi connectivity index (χ1n) is 7.06. The zero-order valence-electron chi connectivity index (χ0n) is 12.3. The van der Waals surface area contributed by atoms with Gasteiger partial charge < -0.3 is 4.74 Å². The van der Waals surface area contributed by atoms with Gasteiger partial charge in [0.15, 0.2) is 0 Å². The van der Waals surface area contributed by atoms with Gasteiger partial charge in [-0.3, -0.25) is 25.3 Å². The third kappa shape index (κ3) is 4.84. The van der Waals surface area contributed by atoms with Crippen LogP contribution in [0.15, 0.2) is 30.3 Å². The molecule has 0 aliphatic carbocycles. The highest BCUT2D eigenvalue weighted by Gasteiger charge is 2.23. The summed E-state index contributed by atoms with van der Waals surface area (Å²) in [7, 11) is 0. The van der Waals surface area contributed by atoms with Crippen molar-refractivity contribution in [3.63, 3.8) is 0 Å². The molecule has 0 aromatic heterocycles. The number of carbonyl (C=O) groups is 2. The predicted molar refractivity (Wildman–Crippen MR) is 78.5 cm³/mol. The van der Waals surface area contributed by atoms with Crippen LogP contribution in [0.3, 0.4) is 0 Å². The Balaban J connectivity index is 1.76. The number of morpholine rings is 1. The highest BCUT2D eigenvalue weighted by atomic mass is 16.5. The molecule has 0 unspecified atom stereocenters. The summed E-state index contributed by atoms with van der Waals surface area (Å²) in [6.07, 6.45) is 0.223. The average molecular weight is 291 g/mol. The number of amides is 2. The molecule has 1 aliphatic heterocycles. The number of rotatable bonds is 3. The summed E-state index contributed by atoms with van der Waals surface area (Å²) in [5.41, 5.74) is 5.36. The molecule has 6 nitrogen and oxygen atoms in total. The van der Waals surface area contributed by atoms with Gasteiger partial charge in [-0.2, -0.15) is 0 Å². The number of ether oxygens (including phenoxy) is 1. The van der Waals surface area contributed by atoms with Crippen molar-refractivity contribution in [3.05, 3.63) is 35.9 Å². The monoisotopic (exact) mass is 291 g/mol. The van der Waals surface area contributed by atoms with Crippen LogP contribution in [0.1, 0.15) is 24.2 Å². The SMILES string of the molecule is C[C@@H]1CN(CC(=O)NNC(=O)c2ccccc2)C[C@H](C)O1. The van der Waals surface area contributed by atoms with Crippen LogP contribution in [-0.4, -0.2) is 48.6 Å². The molecule has 2 atom stereocenters. The first kappa shape index (κ1) is 15.5. The lowest BCUT2D eigenvalue weighted by molar-refractivity contribution is -0.126. The maximum atomic E-state index is 11.9. The lowest BCUT2D eigenvalue weighted by atomic mass is 10.2. The van der Waals surface area contributed by atoms with Gasteiger partial charge >= 0.3 is 0 Å². The minimum atomic E-state index is -0.326. The summed E-state index contributed by atoms with van der Waals surface area (Å²) < 4.78 is 5.61. The molecular formula is C15H21N3O3. The van der Waals surface area contributed by atoms with Crippen LogP contribution in [0, 0.1) is 0 Å². The quantitative estimate of drug-likeness (QED) is 0.798. The van der Waals surface area contributed by atoms with Crippen molar-refractivity contribution < 1.29 is 14.3 Å². The van der Waals surface area contributed by atoms with Gasteiger partial charge in [0.05, 0.1) is 18.8 Å². The van der Waals surface area contributed by atoms with E-state index in [4.69, 9.17) is 4.74 Å². The van der Waals surface area contributed by atoms with E-state index in [0.717, 1.165) is 0 Å². The number of hydrogen-bond donors (Lipinski definition) is 2. The number of hydrogen-bond acceptors (Lipinski definition) is 4. The van der Waals surface area contributed by atoms with Crippen LogP contribution in [-0.2, 0) is 9.53 Å². The number of hydrazine groups is 1. The number of carbonyl (C=O) groups excluding carboxylic acids is 2. The fraction of sp³-hybridized carbons (Fsp3) is 0.467. The summed E-state index contributed by atoms with van der Waals surface area (Å²) in [6, 6.07) is 8.75. The largest absolute Gasteiger partial charge is 0.373 e. The fourth-order valence-corrected chi connectivity index (χ4v) is 2.44. The summed E-state index contributed by atoms with van der Waals surface area (Å²) in [5.74, 6) is -0.562. The molecule has 0 saturated carbocycles. The van der Waals surface area contributed by atoms with Crippen LogP contribution in [0.4, 0.5) is 0 Å². The minimum absolute atomic E-state index is 0.112. The molecule has 6 heteroatoms. The zero-order chi connectivity index (χ0) is 15.2. The molecule has 0 bridgehead atoms. The van der Waals surface area contributed by atoms with Gasteiger partial charge in [-0.15, -0.1) is 0 Å². The van der Waals surface area contributed by atoms with Crippen molar-refractivity contribution in [1.82, 2.24) is 15.8 Å². The highest BCUT2D eigenvalue weighted by Crippen LogP contribution is 2.09. The van der Waals surface area contributed by atoms with E-state index in [-0.39, 0.29) is 30.6 Å². The van der Waals surface area contributed by atoms with E-state index in [0.29, 0.717) is 18.7 Å². The minimum Gasteiger partial charge on any atom is -0.373 e. The van der Waals surface area contributed by atoms with Crippen LogP contribution < -0.4 is 10.9 Å². The lowest BCUT2D eigenvalue weighted by Crippen LogP contribution is -2.51. The van der Waals surface area contributed by atoms with Crippen molar-refractivity contribution in [1.29, 1.82) is 0 Å². The highest BCUT2D eigenvalue weighted by molar-refractivity contribution is 5.95. The summed E-state index contributed by atoms with van der Waals surface area (Å²) in [6.45, 7) is 5.64. The Morgan fingerprint density at radius 1 is 1.14 bits per heavy atom. The molecule has 21 heavy (non-hydrogen) atoms. The molecule has 1 aromatic rings. The molecule has 1 heterocycles. The predicted octanol–water partition coefficient (Wildman–Crippen LogP) is 0.557. The molecule has 1 saturated heterocycles. The van der Waals surface area contributed by atoms with Crippen molar-refractivity contribution in [2.75, 3.05) is 19.6 Å². The molecule has 2 amide bonds. The van der Waals surface area contributed by atoms with Gasteiger partial charge in [-0.05, 0) is 26.0 Å². The fourth-order valence-electron chi connectivity index (χ4n) is 2.44. The molecule has 114 valence electrons. The van der Waals surface area contributed by atoms with Crippen LogP contribution in [0.5, 0.6) is 0 Å². The van der Waals surface area contributed by atoms with E-state index in [2.05, 4.69) is 10.9 Å². The van der Waals surface area contributed by atoms with Gasteiger partial charge in [-0.1, -0.05) is 18.2 Å². The Labute approximate surface area is 124 Å². The molecule has 0 radical (unpaired) electrons. The summed E-state index contributed by atoms with van der Waals surface area (Å²) >= 11 is 0. The van der Waals surface area contributed by atoms with Crippen LogP contribution in [0.2, 0.25) is 0 Å². The van der Waals surface area contributed by atoms with Gasteiger partial charge in [0, 0.05) is 18.7 Å². The molecular weight excluding hydrogens is 270 g/mol. The Morgan fingerprint density at radius 3 is 2.38 bits per heavy atom. The molecule has 1 aromatic carbocycles. The maximum Gasteiger partial charge on any atom is 0.269 e. The van der Waals surface area contributed by atoms with Gasteiger partial charge in [0.2, 0.25) is 0 Å². The van der Waals surface area contributed by atoms with E-state index < -0.39 is 0 Å². The second-order valence-corrected chi connectivity index (χ2v) is 5.32. The Kier molecular flexibility index (Phi) is 5.30. The van der Waals surface area contributed by atoms with Crippen molar-refractivity contribution >= 4 is 11.8 Å². The third-order valence-electron chi connectivity index (χ3n) is 3.21. The van der Waals surface area contributed by atoms with E-state index in [9.17, 15) is 9.59 Å². The second kappa shape index (κ2) is 7.19. The Hall–Kier alpha value is -1.92. The first-order valence-corrected chi connectivity index (χ1v) is 7.06. The van der Waals surface area contributed by atoms with Gasteiger partial charge in [0.25, 0.3) is 11.8 Å². The standard InChI is InChI=1S/C15H21N3O3/c1-11-8-18(9-12(2)21-11)10-14(19)16-17-15(20)13-6-4-3-5-7-13/h3-7,11-12H,8-10H2,1-2H3,(H,16,19)(H,17,20)/t11-,12+. The number of nitrogens with one attached hydrogen (secondary N) is 2. The summed E-state index contributed by atoms with van der Waals surface area (Å²) in [4.78, 5) is 25.7. The van der Waals surface area contributed by atoms with Crippen molar-refractivity contribution in [2.45, 2.75) is 26.1 Å². The topological polar surface area (TPSA) is 70.7 Å². The first-order chi connectivity index (χ1) is 10.0. The molecule has 2 N–H and O–H groups in total. The van der Waals surface area contributed by atoms with Crippen LogP contribution in [0.25, 0.3) is 0 Å². The van der Waals surface area contributed by atoms with E-state index in [1.54, 1.807) is 24.3 Å². The molecule has 0 spiro atoms. The second-order valence-electron chi connectivity index (χ2n) is 5.32. The molecule has 1 aliphatic rings. The third-order valence-corrected chi connectivity index (χ3v) is 3.21. The normalized spacial score (nSPS) is 22.6. The zero-order valence-corrected chi connectivity index (χ0v) is 12.3. The van der Waals surface area contributed by atoms with Crippen LogP contribution >= 0.6 is 0 Å². The van der Waals surface area contributed by atoms with Gasteiger partial charge in [-0.25, -0.2) is 0 Å². The lowest BCUT2D eigenvalue weighted by Gasteiger charge is -2.34. The van der Waals surface area contributed by atoms with Crippen molar-refractivity contribution in [3.8, 4) is 0 Å². The number of nitrogens with zero attached hydrogens (tertiary/aromatic N) is 1. The van der Waals surface area contributed by atoms with E-state index in [1.165, 1.54) is 0 Å². The summed E-state index contributed by atoms with van der Waals surface area (Å²) in [5, 5.41) is 0. The van der Waals surface area contributed by atoms with Crippen molar-refractivity contribution in [2.24, 2.45) is 0 Å². The smallest absolute Gasteiger partial charge is 0.269 e. The van der Waals surface area contributed by atoms with E-state index in [1.807, 2.05) is 24.8 Å². The van der Waals surface area contributed by atoms with Gasteiger partial charge in [0.1, 0.15) is 0 Å². The Bertz CT molecular complexity index is 482. The molecule has 1 fully saturated rings.